The third-order valence-electron chi connectivity index (χ3n) is 4.21. The van der Waals surface area contributed by atoms with E-state index in [1.165, 1.54) is 13.0 Å². The summed E-state index contributed by atoms with van der Waals surface area (Å²) in [6, 6.07) is 16.2. The number of hydrogen-bond acceptors (Lipinski definition) is 5. The number of aliphatic hydroxyl groups excluding tert-OH is 1. The van der Waals surface area contributed by atoms with Crippen LogP contribution in [0.25, 0.3) is 0 Å². The Bertz CT molecular complexity index is 876. The fourth-order valence-electron chi connectivity index (χ4n) is 2.48. The summed E-state index contributed by atoms with van der Waals surface area (Å²) >= 11 is 0. The van der Waals surface area contributed by atoms with Gasteiger partial charge in [0, 0.05) is 6.42 Å². The van der Waals surface area contributed by atoms with Crippen LogP contribution in [0.15, 0.2) is 72.3 Å². The van der Waals surface area contributed by atoms with Crippen molar-refractivity contribution in [1.29, 1.82) is 0 Å². The SMILES string of the molecule is C/C(=C\CC(F)P(=O)(NC(C)C(=O)OCc1ccccc1)Oc1ccccc1)CO. The summed E-state index contributed by atoms with van der Waals surface area (Å²) in [7, 11) is -4.15. The fourth-order valence-corrected chi connectivity index (χ4v) is 4.27. The van der Waals surface area contributed by atoms with E-state index in [1.54, 1.807) is 37.3 Å². The standard InChI is InChI=1S/C22H27FNO5P/c1-17(15-25)13-14-21(23)30(27,29-20-11-7-4-8-12-20)24-18(2)22(26)28-16-19-9-5-3-6-10-19/h3-13,18,21,25H,14-16H2,1-2H3,(H,24,27)/b17-13+. The number of benzene rings is 2. The van der Waals surface area contributed by atoms with Gasteiger partial charge in [-0.25, -0.2) is 9.48 Å². The summed E-state index contributed by atoms with van der Waals surface area (Å²) in [5.41, 5.74) is 1.34. The summed E-state index contributed by atoms with van der Waals surface area (Å²) in [5.74, 6) is -2.39. The van der Waals surface area contributed by atoms with Gasteiger partial charge in [0.1, 0.15) is 18.4 Å². The van der Waals surface area contributed by atoms with Crippen molar-refractivity contribution in [3.63, 3.8) is 0 Å². The highest BCUT2D eigenvalue weighted by Gasteiger charge is 2.38. The number of carbonyl (C=O) groups is 1. The molecule has 162 valence electrons. The highest BCUT2D eigenvalue weighted by Crippen LogP contribution is 2.50. The number of aliphatic hydroxyl groups is 1. The lowest BCUT2D eigenvalue weighted by atomic mass is 10.2. The van der Waals surface area contributed by atoms with Crippen LogP contribution in [0, 0.1) is 0 Å². The average Bonchev–Trinajstić information content (AvgIpc) is 2.76. The van der Waals surface area contributed by atoms with Gasteiger partial charge in [0.15, 0.2) is 0 Å². The minimum absolute atomic E-state index is 0.0486. The Balaban J connectivity index is 2.10. The first-order chi connectivity index (χ1) is 14.3. The molecule has 0 bridgehead atoms. The van der Waals surface area contributed by atoms with Gasteiger partial charge in [-0.3, -0.25) is 9.36 Å². The van der Waals surface area contributed by atoms with Crippen molar-refractivity contribution in [1.82, 2.24) is 5.09 Å². The molecule has 2 rings (SSSR count). The van der Waals surface area contributed by atoms with Gasteiger partial charge < -0.3 is 14.4 Å². The molecule has 0 radical (unpaired) electrons. The molecule has 0 aromatic heterocycles. The summed E-state index contributed by atoms with van der Waals surface area (Å²) in [6.45, 7) is 2.89. The first-order valence-corrected chi connectivity index (χ1v) is 11.3. The van der Waals surface area contributed by atoms with E-state index in [1.807, 2.05) is 30.3 Å². The van der Waals surface area contributed by atoms with E-state index >= 15 is 0 Å². The van der Waals surface area contributed by atoms with Crippen molar-refractivity contribution in [2.75, 3.05) is 6.61 Å². The Morgan fingerprint density at radius 1 is 1.17 bits per heavy atom. The number of allylic oxidation sites excluding steroid dienone is 1. The first kappa shape index (κ1) is 23.8. The minimum Gasteiger partial charge on any atom is -0.460 e. The minimum atomic E-state index is -4.15. The van der Waals surface area contributed by atoms with Crippen LogP contribution in [0.4, 0.5) is 4.39 Å². The molecule has 0 spiro atoms. The van der Waals surface area contributed by atoms with Gasteiger partial charge in [-0.15, -0.1) is 0 Å². The molecule has 0 fully saturated rings. The number of carbonyl (C=O) groups excluding carboxylic acids is 1. The van der Waals surface area contributed by atoms with Crippen LogP contribution >= 0.6 is 7.52 Å². The maximum Gasteiger partial charge on any atom is 0.351 e. The number of esters is 1. The summed E-state index contributed by atoms with van der Waals surface area (Å²) in [5, 5.41) is 11.6. The fraction of sp³-hybridized carbons (Fsp3) is 0.318. The van der Waals surface area contributed by atoms with Crippen molar-refractivity contribution in [3.8, 4) is 5.75 Å². The van der Waals surface area contributed by atoms with E-state index in [2.05, 4.69) is 5.09 Å². The van der Waals surface area contributed by atoms with Crippen molar-refractivity contribution in [3.05, 3.63) is 77.9 Å². The Hall–Kier alpha value is -2.47. The second kappa shape index (κ2) is 11.6. The van der Waals surface area contributed by atoms with Gasteiger partial charge in [-0.2, -0.15) is 0 Å². The molecule has 6 nitrogen and oxygen atoms in total. The molecule has 2 N–H and O–H groups in total. The molecule has 0 aliphatic heterocycles. The zero-order valence-corrected chi connectivity index (χ0v) is 17.9. The molecule has 2 aromatic rings. The van der Waals surface area contributed by atoms with Crippen LogP contribution < -0.4 is 9.61 Å². The number of halogens is 1. The van der Waals surface area contributed by atoms with E-state index in [4.69, 9.17) is 14.4 Å². The highest BCUT2D eigenvalue weighted by molar-refractivity contribution is 7.57. The third kappa shape index (κ3) is 7.41. The molecular weight excluding hydrogens is 408 g/mol. The van der Waals surface area contributed by atoms with Crippen LogP contribution in [0.3, 0.4) is 0 Å². The lowest BCUT2D eigenvalue weighted by Gasteiger charge is -2.25. The van der Waals surface area contributed by atoms with Crippen LogP contribution in [-0.4, -0.2) is 29.6 Å². The quantitative estimate of drug-likeness (QED) is 0.305. The molecule has 0 saturated heterocycles. The monoisotopic (exact) mass is 435 g/mol. The van der Waals surface area contributed by atoms with E-state index in [0.29, 0.717) is 5.57 Å². The van der Waals surface area contributed by atoms with E-state index in [-0.39, 0.29) is 25.4 Å². The number of hydrogen-bond donors (Lipinski definition) is 2. The maximum absolute atomic E-state index is 15.0. The molecule has 0 aliphatic carbocycles. The molecule has 0 saturated carbocycles. The largest absolute Gasteiger partial charge is 0.460 e. The predicted octanol–water partition coefficient (Wildman–Crippen LogP) is 4.60. The Morgan fingerprint density at radius 2 is 1.77 bits per heavy atom. The van der Waals surface area contributed by atoms with Gasteiger partial charge in [-0.1, -0.05) is 60.2 Å². The molecule has 0 heterocycles. The van der Waals surface area contributed by atoms with Gasteiger partial charge in [0.25, 0.3) is 0 Å². The zero-order chi connectivity index (χ0) is 22.0. The van der Waals surface area contributed by atoms with Crippen LogP contribution in [0.1, 0.15) is 25.8 Å². The van der Waals surface area contributed by atoms with E-state index in [0.717, 1.165) is 5.56 Å². The normalized spacial score (nSPS) is 15.7. The van der Waals surface area contributed by atoms with Crippen LogP contribution in [-0.2, 0) is 20.7 Å². The Kier molecular flexibility index (Phi) is 9.24. The Labute approximate surface area is 176 Å². The van der Waals surface area contributed by atoms with Crippen LogP contribution in [0.5, 0.6) is 5.75 Å². The summed E-state index contributed by atoms with van der Waals surface area (Å²) in [6.07, 6.45) is 1.21. The zero-order valence-electron chi connectivity index (χ0n) is 17.0. The molecule has 3 unspecified atom stereocenters. The number of ether oxygens (including phenoxy) is 1. The van der Waals surface area contributed by atoms with Gasteiger partial charge in [0.2, 0.25) is 5.91 Å². The highest BCUT2D eigenvalue weighted by atomic mass is 31.2. The molecular formula is C22H27FNO5P. The number of alkyl halides is 1. The Morgan fingerprint density at radius 3 is 2.37 bits per heavy atom. The van der Waals surface area contributed by atoms with Crippen molar-refractivity contribution >= 4 is 13.5 Å². The van der Waals surface area contributed by atoms with E-state index < -0.39 is 25.4 Å². The lowest BCUT2D eigenvalue weighted by Crippen LogP contribution is -2.36. The topological polar surface area (TPSA) is 84.9 Å². The van der Waals surface area contributed by atoms with Gasteiger partial charge in [-0.05, 0) is 31.5 Å². The second-order valence-corrected chi connectivity index (χ2v) is 9.02. The predicted molar refractivity (Wildman–Crippen MR) is 114 cm³/mol. The number of nitrogens with one attached hydrogen (secondary N) is 1. The second-order valence-electron chi connectivity index (χ2n) is 6.82. The molecule has 2 aromatic carbocycles. The smallest absolute Gasteiger partial charge is 0.351 e. The van der Waals surface area contributed by atoms with Crippen molar-refractivity contribution in [2.45, 2.75) is 38.8 Å². The van der Waals surface area contributed by atoms with Crippen molar-refractivity contribution in [2.24, 2.45) is 0 Å². The third-order valence-corrected chi connectivity index (χ3v) is 6.39. The van der Waals surface area contributed by atoms with Gasteiger partial charge in [0.05, 0.1) is 6.61 Å². The number of rotatable bonds is 11. The molecule has 3 atom stereocenters. The molecule has 8 heteroatoms. The van der Waals surface area contributed by atoms with Gasteiger partial charge >= 0.3 is 13.5 Å². The molecule has 30 heavy (non-hydrogen) atoms. The average molecular weight is 435 g/mol. The maximum atomic E-state index is 15.0. The first-order valence-electron chi connectivity index (χ1n) is 9.57. The molecule has 0 aliphatic rings. The van der Waals surface area contributed by atoms with Crippen LogP contribution in [0.2, 0.25) is 0 Å². The van der Waals surface area contributed by atoms with E-state index in [9.17, 15) is 13.8 Å². The lowest BCUT2D eigenvalue weighted by molar-refractivity contribution is -0.146. The summed E-state index contributed by atoms with van der Waals surface area (Å²) < 4.78 is 39.1. The summed E-state index contributed by atoms with van der Waals surface area (Å²) in [4.78, 5) is 12.4. The molecule has 0 amide bonds. The number of para-hydroxylation sites is 1. The van der Waals surface area contributed by atoms with Crippen molar-refractivity contribution < 1.29 is 28.1 Å².